The highest BCUT2D eigenvalue weighted by Gasteiger charge is 2.32. The van der Waals surface area contributed by atoms with Crippen molar-refractivity contribution in [1.29, 1.82) is 0 Å². The fourth-order valence-corrected chi connectivity index (χ4v) is 4.61. The molecule has 1 aliphatic rings. The summed E-state index contributed by atoms with van der Waals surface area (Å²) >= 11 is 0. The second-order valence-corrected chi connectivity index (χ2v) is 9.53. The Balaban J connectivity index is 1.56. The number of allylic oxidation sites excluding steroid dienone is 1. The minimum atomic E-state index is -0.187. The van der Waals surface area contributed by atoms with Gasteiger partial charge in [0.05, 0.1) is 17.9 Å². The van der Waals surface area contributed by atoms with E-state index in [2.05, 4.69) is 37.8 Å². The quantitative estimate of drug-likeness (QED) is 0.158. The zero-order chi connectivity index (χ0) is 27.9. The van der Waals surface area contributed by atoms with Crippen molar-refractivity contribution in [3.05, 3.63) is 143 Å². The largest absolute Gasteiger partial charge is 0.490 e. The topological polar surface area (TPSA) is 51.1 Å². The van der Waals surface area contributed by atoms with Gasteiger partial charge in [0.1, 0.15) is 12.3 Å². The van der Waals surface area contributed by atoms with E-state index in [0.717, 1.165) is 22.3 Å². The van der Waals surface area contributed by atoms with Gasteiger partial charge in [0.2, 0.25) is 0 Å². The summed E-state index contributed by atoms with van der Waals surface area (Å²) in [5.74, 6) is 1.13. The number of anilines is 1. The van der Waals surface area contributed by atoms with Crippen molar-refractivity contribution in [3.8, 4) is 11.5 Å². The van der Waals surface area contributed by atoms with Gasteiger partial charge in [-0.25, -0.2) is 0 Å². The maximum absolute atomic E-state index is 13.7. The first-order chi connectivity index (χ1) is 19.6. The summed E-state index contributed by atoms with van der Waals surface area (Å²) in [5, 5.41) is 6.21. The Hall–Kier alpha value is -4.90. The van der Waals surface area contributed by atoms with Crippen LogP contribution in [0.15, 0.2) is 120 Å². The van der Waals surface area contributed by atoms with Gasteiger partial charge in [-0.05, 0) is 61.7 Å². The van der Waals surface area contributed by atoms with Crippen LogP contribution in [-0.4, -0.2) is 18.2 Å². The number of carbonyl (C=O) groups is 1. The van der Waals surface area contributed by atoms with Crippen molar-refractivity contribution in [1.82, 2.24) is 0 Å². The van der Waals surface area contributed by atoms with E-state index in [-0.39, 0.29) is 5.91 Å². The molecular formula is C35H32N2O3. The van der Waals surface area contributed by atoms with Crippen LogP contribution in [0, 0.1) is 6.92 Å². The van der Waals surface area contributed by atoms with Crippen LogP contribution in [-0.2, 0) is 17.8 Å². The molecule has 0 N–H and O–H groups in total. The number of nitrogens with zero attached hydrogens (tertiary/aromatic N) is 2. The summed E-state index contributed by atoms with van der Waals surface area (Å²) in [7, 11) is 0. The Labute approximate surface area is 235 Å². The Kier molecular flexibility index (Phi) is 8.21. The van der Waals surface area contributed by atoms with Crippen LogP contribution >= 0.6 is 0 Å². The molecule has 40 heavy (non-hydrogen) atoms. The standard InChI is InChI=1S/C35H32N2O3/c1-4-12-29-21-27(23-32(39-5-2)34(29)40-24-26-19-17-25(3)18-20-26)22-31-33(28-13-8-6-9-14-28)36-37(35(31)38)30-15-10-7-11-16-30/h4,6-11,13-23H,1,5,12,24H2,2-3H3/b31-22-. The maximum Gasteiger partial charge on any atom is 0.281 e. The fraction of sp³-hybridized carbons (Fsp3) is 0.143. The molecule has 0 atom stereocenters. The average Bonchev–Trinajstić information content (AvgIpc) is 3.30. The number of hydrogen-bond donors (Lipinski definition) is 0. The third kappa shape index (κ3) is 5.89. The Morgan fingerprint density at radius 1 is 0.900 bits per heavy atom. The van der Waals surface area contributed by atoms with Gasteiger partial charge in [-0.15, -0.1) is 6.58 Å². The van der Waals surface area contributed by atoms with E-state index in [1.54, 1.807) is 0 Å². The predicted molar refractivity (Wildman–Crippen MR) is 162 cm³/mol. The van der Waals surface area contributed by atoms with Crippen LogP contribution in [0.4, 0.5) is 5.69 Å². The Bertz CT molecular complexity index is 1560. The number of rotatable bonds is 10. The van der Waals surface area contributed by atoms with Gasteiger partial charge < -0.3 is 9.47 Å². The number of amides is 1. The van der Waals surface area contributed by atoms with E-state index in [9.17, 15) is 4.79 Å². The molecule has 1 aliphatic heterocycles. The second-order valence-electron chi connectivity index (χ2n) is 9.53. The number of para-hydroxylation sites is 1. The highest BCUT2D eigenvalue weighted by atomic mass is 16.5. The molecule has 4 aromatic carbocycles. The van der Waals surface area contributed by atoms with E-state index in [1.165, 1.54) is 10.6 Å². The molecule has 0 spiro atoms. The van der Waals surface area contributed by atoms with Crippen LogP contribution < -0.4 is 14.5 Å². The molecule has 5 heteroatoms. The molecular weight excluding hydrogens is 496 g/mol. The number of benzene rings is 4. The summed E-state index contributed by atoms with van der Waals surface area (Å²) in [6, 6.07) is 31.5. The van der Waals surface area contributed by atoms with E-state index in [0.29, 0.717) is 48.1 Å². The van der Waals surface area contributed by atoms with Gasteiger partial charge in [0.15, 0.2) is 11.5 Å². The molecule has 4 aromatic rings. The summed E-state index contributed by atoms with van der Waals surface area (Å²) < 4.78 is 12.4. The lowest BCUT2D eigenvalue weighted by Gasteiger charge is -2.17. The Morgan fingerprint density at radius 3 is 2.27 bits per heavy atom. The Morgan fingerprint density at radius 2 is 1.60 bits per heavy atom. The van der Waals surface area contributed by atoms with E-state index < -0.39 is 0 Å². The molecule has 0 aliphatic carbocycles. The van der Waals surface area contributed by atoms with Gasteiger partial charge in [0.25, 0.3) is 5.91 Å². The smallest absolute Gasteiger partial charge is 0.281 e. The number of aryl methyl sites for hydroxylation is 1. The molecule has 0 radical (unpaired) electrons. The zero-order valence-corrected chi connectivity index (χ0v) is 22.8. The van der Waals surface area contributed by atoms with Gasteiger partial charge in [-0.3, -0.25) is 4.79 Å². The third-order valence-corrected chi connectivity index (χ3v) is 6.56. The SMILES string of the molecule is C=CCc1cc(/C=C2\C(=O)N(c3ccccc3)N=C2c2ccccc2)cc(OCC)c1OCc1ccc(C)cc1. The molecule has 5 rings (SSSR count). The van der Waals surface area contributed by atoms with Crippen LogP contribution in [0.25, 0.3) is 6.08 Å². The van der Waals surface area contributed by atoms with Crippen molar-refractivity contribution >= 4 is 23.4 Å². The fourth-order valence-electron chi connectivity index (χ4n) is 4.61. The van der Waals surface area contributed by atoms with Gasteiger partial charge >= 0.3 is 0 Å². The van der Waals surface area contributed by atoms with Gasteiger partial charge in [-0.1, -0.05) is 84.4 Å². The van der Waals surface area contributed by atoms with Crippen LogP contribution in [0.2, 0.25) is 0 Å². The minimum Gasteiger partial charge on any atom is -0.490 e. The van der Waals surface area contributed by atoms with E-state index >= 15 is 0 Å². The van der Waals surface area contributed by atoms with Crippen LogP contribution in [0.3, 0.4) is 0 Å². The molecule has 1 heterocycles. The minimum absolute atomic E-state index is 0.187. The highest BCUT2D eigenvalue weighted by molar-refractivity contribution is 6.37. The van der Waals surface area contributed by atoms with E-state index in [4.69, 9.17) is 14.6 Å². The first-order valence-electron chi connectivity index (χ1n) is 13.4. The first-order valence-corrected chi connectivity index (χ1v) is 13.4. The molecule has 0 saturated carbocycles. The van der Waals surface area contributed by atoms with Crippen molar-refractivity contribution in [2.24, 2.45) is 5.10 Å². The van der Waals surface area contributed by atoms with Crippen molar-refractivity contribution < 1.29 is 14.3 Å². The van der Waals surface area contributed by atoms with E-state index in [1.807, 2.05) is 91.9 Å². The van der Waals surface area contributed by atoms with Crippen molar-refractivity contribution in [2.75, 3.05) is 11.6 Å². The zero-order valence-electron chi connectivity index (χ0n) is 22.8. The lowest BCUT2D eigenvalue weighted by atomic mass is 9.98. The predicted octanol–water partition coefficient (Wildman–Crippen LogP) is 7.54. The molecule has 0 bridgehead atoms. The summed E-state index contributed by atoms with van der Waals surface area (Å²) in [6.07, 6.45) is 4.31. The molecule has 0 saturated heterocycles. The average molecular weight is 529 g/mol. The lowest BCUT2D eigenvalue weighted by molar-refractivity contribution is -0.114. The maximum atomic E-state index is 13.7. The second kappa shape index (κ2) is 12.3. The number of hydrogen-bond acceptors (Lipinski definition) is 4. The first kappa shape index (κ1) is 26.7. The monoisotopic (exact) mass is 528 g/mol. The van der Waals surface area contributed by atoms with Gasteiger partial charge in [-0.2, -0.15) is 10.1 Å². The van der Waals surface area contributed by atoms with Gasteiger partial charge in [0, 0.05) is 11.1 Å². The summed E-state index contributed by atoms with van der Waals surface area (Å²) in [6.45, 7) is 8.85. The highest BCUT2D eigenvalue weighted by Crippen LogP contribution is 2.36. The van der Waals surface area contributed by atoms with Crippen molar-refractivity contribution in [3.63, 3.8) is 0 Å². The molecule has 1 amide bonds. The molecule has 0 fully saturated rings. The molecule has 5 nitrogen and oxygen atoms in total. The third-order valence-electron chi connectivity index (χ3n) is 6.56. The number of hydrazone groups is 1. The summed E-state index contributed by atoms with van der Waals surface area (Å²) in [5.41, 5.74) is 6.75. The lowest BCUT2D eigenvalue weighted by Crippen LogP contribution is -2.21. The molecule has 0 unspecified atom stereocenters. The van der Waals surface area contributed by atoms with Crippen LogP contribution in [0.5, 0.6) is 11.5 Å². The normalized spacial score (nSPS) is 13.8. The number of carbonyl (C=O) groups excluding carboxylic acids is 1. The van der Waals surface area contributed by atoms with Crippen molar-refractivity contribution in [2.45, 2.75) is 26.9 Å². The number of ether oxygens (including phenoxy) is 2. The summed E-state index contributed by atoms with van der Waals surface area (Å²) in [4.78, 5) is 13.7. The molecule has 0 aromatic heterocycles. The van der Waals surface area contributed by atoms with Crippen LogP contribution in [0.1, 0.15) is 34.7 Å². The molecule has 200 valence electrons.